The first kappa shape index (κ1) is 17.8. The molecular weight excluding hydrogens is 367 g/mol. The Morgan fingerprint density at radius 3 is 2.50 bits per heavy atom. The van der Waals surface area contributed by atoms with Crippen LogP contribution in [0.4, 0.5) is 19.0 Å². The van der Waals surface area contributed by atoms with Crippen molar-refractivity contribution in [1.29, 1.82) is 0 Å². The van der Waals surface area contributed by atoms with Gasteiger partial charge in [0.2, 0.25) is 5.65 Å². The van der Waals surface area contributed by atoms with Crippen LogP contribution in [0, 0.1) is 19.3 Å². The summed E-state index contributed by atoms with van der Waals surface area (Å²) < 4.78 is 42.8. The standard InChI is InChI=1S/C20H14F3N5/c1-12-26-19(13-3-6-15(21)7-4-13)20(27(12)11-16(22)23)14-5-8-17-25-9-18(24-2)28(17)10-14/h3-10,16H,11H2,1H3. The van der Waals surface area contributed by atoms with Gasteiger partial charge in [0.15, 0.2) is 0 Å². The molecule has 0 spiro atoms. The molecule has 0 amide bonds. The van der Waals surface area contributed by atoms with Gasteiger partial charge in [-0.3, -0.25) is 0 Å². The number of fused-ring (bicyclic) bond motifs is 1. The number of nitrogens with zero attached hydrogens (tertiary/aromatic N) is 5. The van der Waals surface area contributed by atoms with E-state index in [9.17, 15) is 13.2 Å². The second kappa shape index (κ2) is 6.85. The fraction of sp³-hybridized carbons (Fsp3) is 0.150. The van der Waals surface area contributed by atoms with Gasteiger partial charge in [0.25, 0.3) is 12.2 Å². The lowest BCUT2D eigenvalue weighted by molar-refractivity contribution is 0.126. The topological polar surface area (TPSA) is 39.5 Å². The number of alkyl halides is 2. The van der Waals surface area contributed by atoms with E-state index >= 15 is 0 Å². The van der Waals surface area contributed by atoms with Gasteiger partial charge in [-0.15, -0.1) is 0 Å². The number of aryl methyl sites for hydroxylation is 1. The summed E-state index contributed by atoms with van der Waals surface area (Å²) in [4.78, 5) is 12.1. The molecular formula is C20H14F3N5. The molecule has 3 aromatic heterocycles. The van der Waals surface area contributed by atoms with Crippen LogP contribution < -0.4 is 0 Å². The van der Waals surface area contributed by atoms with E-state index in [0.29, 0.717) is 39.8 Å². The van der Waals surface area contributed by atoms with Crippen molar-refractivity contribution < 1.29 is 13.2 Å². The monoisotopic (exact) mass is 381 g/mol. The molecule has 0 aliphatic carbocycles. The lowest BCUT2D eigenvalue weighted by Gasteiger charge is -2.11. The number of benzene rings is 1. The predicted molar refractivity (Wildman–Crippen MR) is 98.8 cm³/mol. The highest BCUT2D eigenvalue weighted by Gasteiger charge is 2.22. The Morgan fingerprint density at radius 2 is 1.82 bits per heavy atom. The maximum absolute atomic E-state index is 13.3. The van der Waals surface area contributed by atoms with Crippen LogP contribution in [0.5, 0.6) is 0 Å². The van der Waals surface area contributed by atoms with Crippen LogP contribution in [-0.2, 0) is 6.54 Å². The average Bonchev–Trinajstić information content (AvgIpc) is 3.22. The minimum Gasteiger partial charge on any atom is -0.362 e. The summed E-state index contributed by atoms with van der Waals surface area (Å²) in [6.07, 6.45) is 0.569. The first-order valence-electron chi connectivity index (χ1n) is 8.44. The highest BCUT2D eigenvalue weighted by Crippen LogP contribution is 2.34. The van der Waals surface area contributed by atoms with E-state index < -0.39 is 18.8 Å². The Balaban J connectivity index is 1.98. The van der Waals surface area contributed by atoms with Crippen molar-refractivity contribution in [2.75, 3.05) is 0 Å². The number of hydrogen-bond donors (Lipinski definition) is 0. The van der Waals surface area contributed by atoms with E-state index in [0.717, 1.165) is 0 Å². The van der Waals surface area contributed by atoms with Crippen molar-refractivity contribution in [3.8, 4) is 22.5 Å². The summed E-state index contributed by atoms with van der Waals surface area (Å²) in [5.41, 5.74) is 2.76. The zero-order chi connectivity index (χ0) is 19.8. The van der Waals surface area contributed by atoms with Crippen LogP contribution in [0.2, 0.25) is 0 Å². The molecule has 0 saturated heterocycles. The Hall–Kier alpha value is -3.60. The largest absolute Gasteiger partial charge is 0.362 e. The van der Waals surface area contributed by atoms with Crippen LogP contribution in [0.25, 0.3) is 33.0 Å². The van der Waals surface area contributed by atoms with Gasteiger partial charge in [-0.25, -0.2) is 27.5 Å². The van der Waals surface area contributed by atoms with Gasteiger partial charge in [-0.1, -0.05) is 6.57 Å². The second-order valence-electron chi connectivity index (χ2n) is 6.24. The summed E-state index contributed by atoms with van der Waals surface area (Å²) >= 11 is 0. The van der Waals surface area contributed by atoms with E-state index in [1.165, 1.54) is 22.9 Å². The highest BCUT2D eigenvalue weighted by atomic mass is 19.3. The maximum atomic E-state index is 13.3. The molecule has 0 bridgehead atoms. The maximum Gasteiger partial charge on any atom is 0.256 e. The molecule has 5 nitrogen and oxygen atoms in total. The first-order chi connectivity index (χ1) is 13.5. The average molecular weight is 381 g/mol. The lowest BCUT2D eigenvalue weighted by Crippen LogP contribution is -2.10. The summed E-state index contributed by atoms with van der Waals surface area (Å²) in [5, 5.41) is 0. The lowest BCUT2D eigenvalue weighted by atomic mass is 10.1. The second-order valence-corrected chi connectivity index (χ2v) is 6.24. The minimum absolute atomic E-state index is 0.317. The van der Waals surface area contributed by atoms with Gasteiger partial charge in [0, 0.05) is 17.2 Å². The van der Waals surface area contributed by atoms with Crippen LogP contribution >= 0.6 is 0 Å². The predicted octanol–water partition coefficient (Wildman–Crippen LogP) is 5.13. The molecule has 0 aliphatic rings. The van der Waals surface area contributed by atoms with Gasteiger partial charge >= 0.3 is 0 Å². The fourth-order valence-electron chi connectivity index (χ4n) is 3.22. The van der Waals surface area contributed by atoms with Crippen molar-refractivity contribution in [2.24, 2.45) is 0 Å². The van der Waals surface area contributed by atoms with Crippen LogP contribution in [0.3, 0.4) is 0 Å². The molecule has 0 N–H and O–H groups in total. The number of hydrogen-bond acceptors (Lipinski definition) is 2. The van der Waals surface area contributed by atoms with Crippen LogP contribution in [-0.4, -0.2) is 25.4 Å². The molecule has 1 aromatic carbocycles. The SMILES string of the molecule is [C-]#[N+]c1cnc2ccc(-c3c(-c4ccc(F)cc4)nc(C)n3CC(F)F)cn12. The fourth-order valence-corrected chi connectivity index (χ4v) is 3.22. The Bertz CT molecular complexity index is 1200. The molecule has 4 rings (SSSR count). The van der Waals surface area contributed by atoms with Crippen molar-refractivity contribution in [3.63, 3.8) is 0 Å². The number of pyridine rings is 1. The highest BCUT2D eigenvalue weighted by molar-refractivity contribution is 5.79. The molecule has 140 valence electrons. The van der Waals surface area contributed by atoms with Gasteiger partial charge < -0.3 is 9.41 Å². The summed E-state index contributed by atoms with van der Waals surface area (Å²) in [7, 11) is 0. The summed E-state index contributed by atoms with van der Waals surface area (Å²) in [6, 6.07) is 9.20. The molecule has 0 unspecified atom stereocenters. The third-order valence-corrected chi connectivity index (χ3v) is 4.47. The smallest absolute Gasteiger partial charge is 0.256 e. The van der Waals surface area contributed by atoms with Crippen molar-refractivity contribution >= 4 is 11.5 Å². The molecule has 8 heteroatoms. The zero-order valence-electron chi connectivity index (χ0n) is 14.8. The van der Waals surface area contributed by atoms with Crippen LogP contribution in [0.1, 0.15) is 5.82 Å². The molecule has 3 heterocycles. The number of rotatable bonds is 4. The van der Waals surface area contributed by atoms with E-state index in [-0.39, 0.29) is 0 Å². The van der Waals surface area contributed by atoms with E-state index in [1.807, 2.05) is 0 Å². The minimum atomic E-state index is -2.57. The number of halogens is 3. The molecule has 4 aromatic rings. The van der Waals surface area contributed by atoms with Gasteiger partial charge in [-0.2, -0.15) is 0 Å². The van der Waals surface area contributed by atoms with Gasteiger partial charge in [0.05, 0.1) is 30.3 Å². The molecule has 0 saturated carbocycles. The zero-order valence-corrected chi connectivity index (χ0v) is 14.8. The summed E-state index contributed by atoms with van der Waals surface area (Å²) in [6.45, 7) is 8.40. The quantitative estimate of drug-likeness (QED) is 0.460. The third kappa shape index (κ3) is 3.01. The number of aromatic nitrogens is 4. The Labute approximate surface area is 158 Å². The number of imidazole rings is 2. The van der Waals surface area contributed by atoms with E-state index in [2.05, 4.69) is 14.8 Å². The van der Waals surface area contributed by atoms with Crippen molar-refractivity contribution in [2.45, 2.75) is 19.9 Å². The van der Waals surface area contributed by atoms with E-state index in [1.54, 1.807) is 41.8 Å². The Kier molecular flexibility index (Phi) is 4.35. The third-order valence-electron chi connectivity index (χ3n) is 4.47. The first-order valence-corrected chi connectivity index (χ1v) is 8.44. The normalized spacial score (nSPS) is 11.3. The van der Waals surface area contributed by atoms with Gasteiger partial charge in [0.1, 0.15) is 11.6 Å². The summed E-state index contributed by atoms with van der Waals surface area (Å²) in [5.74, 6) is 0.346. The van der Waals surface area contributed by atoms with E-state index in [4.69, 9.17) is 6.57 Å². The molecule has 0 radical (unpaired) electrons. The van der Waals surface area contributed by atoms with Crippen molar-refractivity contribution in [3.05, 3.63) is 71.9 Å². The molecule has 0 fully saturated rings. The molecule has 0 aliphatic heterocycles. The molecule has 0 atom stereocenters. The molecule has 28 heavy (non-hydrogen) atoms. The Morgan fingerprint density at radius 1 is 1.11 bits per heavy atom. The van der Waals surface area contributed by atoms with Crippen LogP contribution in [0.15, 0.2) is 48.8 Å². The van der Waals surface area contributed by atoms with Crippen molar-refractivity contribution in [1.82, 2.24) is 18.9 Å². The van der Waals surface area contributed by atoms with Gasteiger partial charge in [-0.05, 0) is 37.3 Å².